The Morgan fingerprint density at radius 1 is 1.75 bits per heavy atom. The Hall–Kier alpha value is -0.520. The van der Waals surface area contributed by atoms with Crippen molar-refractivity contribution in [3.63, 3.8) is 0 Å². The van der Waals surface area contributed by atoms with E-state index in [1.807, 2.05) is 0 Å². The number of hydrogen-bond acceptors (Lipinski definition) is 5. The molecule has 1 heterocycles. The van der Waals surface area contributed by atoms with Crippen LogP contribution in [0.1, 0.15) is 13.3 Å². The largest absolute Gasteiger partial charge is 0.350 e. The molecule has 0 aromatic rings. The first-order chi connectivity index (χ1) is 5.85. The fourth-order valence-corrected chi connectivity index (χ4v) is 0.619. The lowest BCUT2D eigenvalue weighted by molar-refractivity contribution is 0.0337. The highest BCUT2D eigenvalue weighted by molar-refractivity contribution is 4.62. The first kappa shape index (κ1) is 11.5. The minimum absolute atomic E-state index is 0.455. The summed E-state index contributed by atoms with van der Waals surface area (Å²) in [7, 11) is 0. The fraction of sp³-hybridized carbons (Fsp3) is 1.00. The van der Waals surface area contributed by atoms with Crippen LogP contribution in [0.5, 0.6) is 0 Å². The van der Waals surface area contributed by atoms with Gasteiger partial charge in [0.05, 0.1) is 6.61 Å². The molecule has 0 spiro atoms. The highest BCUT2D eigenvalue weighted by Gasteiger charge is 2.11. The van der Waals surface area contributed by atoms with Crippen molar-refractivity contribution in [2.75, 3.05) is 26.2 Å². The maximum atomic E-state index is 9.74. The smallest absolute Gasteiger partial charge is 0.202 e. The molecule has 72 valence electrons. The van der Waals surface area contributed by atoms with Gasteiger partial charge in [-0.25, -0.2) is 0 Å². The van der Waals surface area contributed by atoms with Gasteiger partial charge >= 0.3 is 0 Å². The second-order valence-corrected chi connectivity index (χ2v) is 2.42. The molecule has 1 aliphatic rings. The van der Waals surface area contributed by atoms with Crippen LogP contribution in [0, 0.1) is 4.91 Å². The van der Waals surface area contributed by atoms with Crippen molar-refractivity contribution in [1.82, 2.24) is 5.32 Å². The minimum atomic E-state index is -0.455. The normalized spacial score (nSPS) is 22.3. The molecule has 5 nitrogen and oxygen atoms in total. The van der Waals surface area contributed by atoms with E-state index >= 15 is 0 Å². The third-order valence-corrected chi connectivity index (χ3v) is 1.31. The maximum Gasteiger partial charge on any atom is 0.202 e. The minimum Gasteiger partial charge on any atom is -0.350 e. The molecule has 0 aromatic carbocycles. The van der Waals surface area contributed by atoms with Crippen molar-refractivity contribution >= 4 is 0 Å². The van der Waals surface area contributed by atoms with Crippen LogP contribution in [-0.2, 0) is 4.74 Å². The second-order valence-electron chi connectivity index (χ2n) is 2.42. The van der Waals surface area contributed by atoms with Crippen molar-refractivity contribution in [3.05, 3.63) is 4.91 Å². The van der Waals surface area contributed by atoms with Crippen molar-refractivity contribution in [2.45, 2.75) is 19.6 Å². The molecule has 1 fully saturated rings. The first-order valence-corrected chi connectivity index (χ1v) is 4.20. The Bertz CT molecular complexity index is 103. The molecule has 0 saturated carbocycles. The van der Waals surface area contributed by atoms with Crippen LogP contribution in [0.3, 0.4) is 0 Å². The summed E-state index contributed by atoms with van der Waals surface area (Å²) in [5.41, 5.74) is 5.03. The van der Waals surface area contributed by atoms with Crippen molar-refractivity contribution < 1.29 is 4.74 Å². The lowest BCUT2D eigenvalue weighted by atomic mass is 10.5. The summed E-state index contributed by atoms with van der Waals surface area (Å²) in [4.78, 5) is 9.74. The maximum absolute atomic E-state index is 9.74. The molecule has 0 bridgehead atoms. The van der Waals surface area contributed by atoms with Gasteiger partial charge in [-0.2, -0.15) is 0 Å². The number of nitroso groups, excluding NO2 is 1. The monoisotopic (exact) mass is 175 g/mol. The lowest BCUT2D eigenvalue weighted by Gasteiger charge is -2.16. The highest BCUT2D eigenvalue weighted by Crippen LogP contribution is 1.94. The molecule has 1 saturated heterocycles. The van der Waals surface area contributed by atoms with Crippen LogP contribution in [0.25, 0.3) is 0 Å². The van der Waals surface area contributed by atoms with E-state index in [0.717, 1.165) is 19.5 Å². The standard InChI is InChI=1S/C4H8N2O2.C3H9N/c7-6-4-3-5-1-2-8-4;1-2-3-4/h4-5H,1-3H2;2-4H2,1H3. The van der Waals surface area contributed by atoms with E-state index in [0.29, 0.717) is 13.2 Å². The molecule has 12 heavy (non-hydrogen) atoms. The molecule has 1 rings (SSSR count). The van der Waals surface area contributed by atoms with Crippen LogP contribution in [-0.4, -0.2) is 32.5 Å². The average molecular weight is 175 g/mol. The molecular weight excluding hydrogens is 158 g/mol. The number of nitrogens with two attached hydrogens (primary N) is 1. The van der Waals surface area contributed by atoms with E-state index in [-0.39, 0.29) is 0 Å². The van der Waals surface area contributed by atoms with Gasteiger partial charge in [-0.3, -0.25) is 0 Å². The molecular formula is C7H17N3O2. The number of nitrogens with zero attached hydrogens (tertiary/aromatic N) is 1. The Labute approximate surface area is 72.6 Å². The summed E-state index contributed by atoms with van der Waals surface area (Å²) < 4.78 is 4.89. The number of rotatable bonds is 2. The third kappa shape index (κ3) is 6.21. The van der Waals surface area contributed by atoms with Gasteiger partial charge in [-0.1, -0.05) is 6.92 Å². The summed E-state index contributed by atoms with van der Waals surface area (Å²) in [5.74, 6) is 0. The average Bonchev–Trinajstić information content (AvgIpc) is 2.19. The number of morpholine rings is 1. The third-order valence-electron chi connectivity index (χ3n) is 1.31. The zero-order valence-corrected chi connectivity index (χ0v) is 7.45. The van der Waals surface area contributed by atoms with Crippen molar-refractivity contribution in [1.29, 1.82) is 0 Å². The van der Waals surface area contributed by atoms with Crippen LogP contribution >= 0.6 is 0 Å². The van der Waals surface area contributed by atoms with Gasteiger partial charge in [-0.15, -0.1) is 4.91 Å². The summed E-state index contributed by atoms with van der Waals surface area (Å²) >= 11 is 0. The Morgan fingerprint density at radius 3 is 2.67 bits per heavy atom. The van der Waals surface area contributed by atoms with Gasteiger partial charge in [-0.05, 0) is 18.1 Å². The van der Waals surface area contributed by atoms with E-state index in [2.05, 4.69) is 17.4 Å². The second kappa shape index (κ2) is 8.58. The predicted molar refractivity (Wildman–Crippen MR) is 47.8 cm³/mol. The highest BCUT2D eigenvalue weighted by atomic mass is 16.5. The van der Waals surface area contributed by atoms with Crippen molar-refractivity contribution in [2.24, 2.45) is 10.9 Å². The van der Waals surface area contributed by atoms with E-state index in [9.17, 15) is 4.91 Å². The fourth-order valence-electron chi connectivity index (χ4n) is 0.619. The van der Waals surface area contributed by atoms with E-state index < -0.39 is 6.23 Å². The molecule has 0 aromatic heterocycles. The molecule has 5 heteroatoms. The van der Waals surface area contributed by atoms with Gasteiger partial charge in [0.15, 0.2) is 0 Å². The summed E-state index contributed by atoms with van der Waals surface area (Å²) in [6, 6.07) is 0. The number of ether oxygens (including phenoxy) is 1. The van der Waals surface area contributed by atoms with Gasteiger partial charge in [0.25, 0.3) is 0 Å². The summed E-state index contributed by atoms with van der Waals surface area (Å²) in [6.07, 6.45) is 0.642. The lowest BCUT2D eigenvalue weighted by Crippen LogP contribution is -2.37. The van der Waals surface area contributed by atoms with Gasteiger partial charge < -0.3 is 15.8 Å². The molecule has 0 amide bonds. The first-order valence-electron chi connectivity index (χ1n) is 4.20. The van der Waals surface area contributed by atoms with E-state index in [1.54, 1.807) is 0 Å². The number of hydrogen-bond donors (Lipinski definition) is 2. The molecule has 1 aliphatic heterocycles. The molecule has 3 N–H and O–H groups in total. The van der Waals surface area contributed by atoms with Crippen LogP contribution in [0.2, 0.25) is 0 Å². The Morgan fingerprint density at radius 2 is 2.42 bits per heavy atom. The topological polar surface area (TPSA) is 76.7 Å². The Kier molecular flexibility index (Phi) is 8.20. The zero-order valence-electron chi connectivity index (χ0n) is 7.45. The Balaban J connectivity index is 0.000000261. The van der Waals surface area contributed by atoms with Crippen LogP contribution < -0.4 is 11.1 Å². The molecule has 0 aliphatic carbocycles. The predicted octanol–water partition coefficient (Wildman–Crippen LogP) is 0.0538. The molecule has 1 unspecified atom stereocenters. The van der Waals surface area contributed by atoms with Gasteiger partial charge in [0.1, 0.15) is 0 Å². The van der Waals surface area contributed by atoms with Crippen LogP contribution in [0.4, 0.5) is 0 Å². The quantitative estimate of drug-likeness (QED) is 0.581. The zero-order chi connectivity index (χ0) is 9.23. The SMILES string of the molecule is CCCN.O=NC1CNCCO1. The van der Waals surface area contributed by atoms with Crippen LogP contribution in [0.15, 0.2) is 5.18 Å². The summed E-state index contributed by atoms with van der Waals surface area (Å²) in [5, 5.41) is 5.68. The summed E-state index contributed by atoms with van der Waals surface area (Å²) in [6.45, 7) is 4.85. The molecule has 0 radical (unpaired) electrons. The number of nitrogens with one attached hydrogen (secondary N) is 1. The van der Waals surface area contributed by atoms with E-state index in [1.165, 1.54) is 0 Å². The van der Waals surface area contributed by atoms with E-state index in [4.69, 9.17) is 10.5 Å². The van der Waals surface area contributed by atoms with Crippen molar-refractivity contribution in [3.8, 4) is 0 Å². The molecule has 1 atom stereocenters. The van der Waals surface area contributed by atoms with Gasteiger partial charge in [0, 0.05) is 13.1 Å². The van der Waals surface area contributed by atoms with Gasteiger partial charge in [0.2, 0.25) is 6.23 Å².